The zero-order valence-electron chi connectivity index (χ0n) is 17.1. The standard InChI is InChI=1S/C21H33N7/c1-18-6-5-7-19(14-18)15-27-12-8-20(9-13-27)26-21(22-2)23-10-3-4-11-28-16-24-25-17-28/h5-7,14,16-17,20H,3-4,8-13,15H2,1-2H3,(H2,22,23,26). The van der Waals surface area contributed by atoms with E-state index in [1.54, 1.807) is 12.7 Å². The van der Waals surface area contributed by atoms with Crippen LogP contribution in [0.1, 0.15) is 36.8 Å². The highest BCUT2D eigenvalue weighted by Gasteiger charge is 2.20. The van der Waals surface area contributed by atoms with E-state index >= 15 is 0 Å². The molecule has 0 spiro atoms. The van der Waals surface area contributed by atoms with Gasteiger partial charge in [0.05, 0.1) is 0 Å². The Morgan fingerprint density at radius 2 is 1.96 bits per heavy atom. The predicted octanol–water partition coefficient (Wildman–Crippen LogP) is 2.20. The van der Waals surface area contributed by atoms with E-state index in [0.717, 1.165) is 64.4 Å². The first kappa shape index (κ1) is 20.3. The maximum atomic E-state index is 4.38. The van der Waals surface area contributed by atoms with Gasteiger partial charge in [-0.2, -0.15) is 0 Å². The highest BCUT2D eigenvalue weighted by molar-refractivity contribution is 5.79. The van der Waals surface area contributed by atoms with E-state index in [4.69, 9.17) is 0 Å². The number of aliphatic imine (C=N–C) groups is 1. The molecule has 1 aliphatic rings. The van der Waals surface area contributed by atoms with Gasteiger partial charge >= 0.3 is 0 Å². The molecule has 1 aromatic carbocycles. The number of nitrogens with one attached hydrogen (secondary N) is 2. The lowest BCUT2D eigenvalue weighted by molar-refractivity contribution is 0.198. The van der Waals surface area contributed by atoms with Crippen molar-refractivity contribution >= 4 is 5.96 Å². The number of aryl methyl sites for hydroxylation is 2. The van der Waals surface area contributed by atoms with E-state index in [1.807, 2.05) is 11.6 Å². The lowest BCUT2D eigenvalue weighted by Crippen LogP contribution is -2.48. The Hall–Kier alpha value is -2.41. The molecule has 7 nitrogen and oxygen atoms in total. The second-order valence-electron chi connectivity index (χ2n) is 7.59. The van der Waals surface area contributed by atoms with Gasteiger partial charge in [-0.25, -0.2) is 0 Å². The van der Waals surface area contributed by atoms with E-state index < -0.39 is 0 Å². The smallest absolute Gasteiger partial charge is 0.191 e. The minimum atomic E-state index is 0.497. The number of unbranched alkanes of at least 4 members (excludes halogenated alkanes) is 1. The number of aromatic nitrogens is 3. The van der Waals surface area contributed by atoms with Crippen LogP contribution < -0.4 is 10.6 Å². The summed E-state index contributed by atoms with van der Waals surface area (Å²) in [5.74, 6) is 0.918. The van der Waals surface area contributed by atoms with Crippen LogP contribution in [0.25, 0.3) is 0 Å². The van der Waals surface area contributed by atoms with E-state index in [9.17, 15) is 0 Å². The van der Waals surface area contributed by atoms with Crippen LogP contribution in [0.2, 0.25) is 0 Å². The third-order valence-corrected chi connectivity index (χ3v) is 5.24. The quantitative estimate of drug-likeness (QED) is 0.415. The molecule has 1 saturated heterocycles. The van der Waals surface area contributed by atoms with Gasteiger partial charge in [-0.05, 0) is 38.2 Å². The second-order valence-corrected chi connectivity index (χ2v) is 7.59. The molecule has 1 aromatic heterocycles. The zero-order chi connectivity index (χ0) is 19.6. The molecular formula is C21H33N7. The zero-order valence-corrected chi connectivity index (χ0v) is 17.1. The third-order valence-electron chi connectivity index (χ3n) is 5.24. The van der Waals surface area contributed by atoms with Crippen molar-refractivity contribution in [3.8, 4) is 0 Å². The van der Waals surface area contributed by atoms with Gasteiger partial charge in [-0.3, -0.25) is 9.89 Å². The van der Waals surface area contributed by atoms with Gasteiger partial charge in [0.1, 0.15) is 12.7 Å². The van der Waals surface area contributed by atoms with Crippen LogP contribution in [0.15, 0.2) is 41.9 Å². The number of piperidine rings is 1. The summed E-state index contributed by atoms with van der Waals surface area (Å²) in [6.07, 6.45) is 8.02. The summed E-state index contributed by atoms with van der Waals surface area (Å²) >= 11 is 0. The van der Waals surface area contributed by atoms with Crippen molar-refractivity contribution in [1.29, 1.82) is 0 Å². The van der Waals surface area contributed by atoms with Crippen molar-refractivity contribution in [1.82, 2.24) is 30.3 Å². The van der Waals surface area contributed by atoms with Gasteiger partial charge < -0.3 is 15.2 Å². The van der Waals surface area contributed by atoms with Gasteiger partial charge in [0.15, 0.2) is 5.96 Å². The third kappa shape index (κ3) is 6.64. The van der Waals surface area contributed by atoms with E-state index in [1.165, 1.54) is 11.1 Å². The number of guanidine groups is 1. The summed E-state index contributed by atoms with van der Waals surface area (Å²) in [6, 6.07) is 9.33. The molecule has 2 heterocycles. The SMILES string of the molecule is CN=C(NCCCCn1cnnc1)NC1CCN(Cc2cccc(C)c2)CC1. The average molecular weight is 384 g/mol. The van der Waals surface area contributed by atoms with Gasteiger partial charge in [0.2, 0.25) is 0 Å². The summed E-state index contributed by atoms with van der Waals surface area (Å²) in [5, 5.41) is 14.7. The van der Waals surface area contributed by atoms with E-state index in [-0.39, 0.29) is 0 Å². The van der Waals surface area contributed by atoms with Crippen molar-refractivity contribution in [2.45, 2.75) is 51.7 Å². The summed E-state index contributed by atoms with van der Waals surface area (Å²) in [4.78, 5) is 6.93. The van der Waals surface area contributed by atoms with Gasteiger partial charge in [-0.15, -0.1) is 10.2 Å². The second kappa shape index (κ2) is 10.8. The molecule has 1 aliphatic heterocycles. The molecule has 28 heavy (non-hydrogen) atoms. The minimum Gasteiger partial charge on any atom is -0.356 e. The maximum absolute atomic E-state index is 4.38. The fourth-order valence-corrected chi connectivity index (χ4v) is 3.66. The fraction of sp³-hybridized carbons (Fsp3) is 0.571. The summed E-state index contributed by atoms with van der Waals surface area (Å²) in [7, 11) is 1.85. The Morgan fingerprint density at radius 3 is 2.68 bits per heavy atom. The first-order valence-electron chi connectivity index (χ1n) is 10.3. The normalized spacial score (nSPS) is 16.3. The highest BCUT2D eigenvalue weighted by Crippen LogP contribution is 2.14. The molecule has 0 bridgehead atoms. The van der Waals surface area contributed by atoms with Crippen molar-refractivity contribution < 1.29 is 0 Å². The number of nitrogens with zero attached hydrogens (tertiary/aromatic N) is 5. The monoisotopic (exact) mass is 383 g/mol. The molecule has 1 fully saturated rings. The van der Waals surface area contributed by atoms with Crippen LogP contribution in [-0.4, -0.2) is 58.3 Å². The van der Waals surface area contributed by atoms with E-state index in [2.05, 4.69) is 61.9 Å². The minimum absolute atomic E-state index is 0.497. The molecule has 152 valence electrons. The van der Waals surface area contributed by atoms with Crippen LogP contribution in [0.5, 0.6) is 0 Å². The molecule has 7 heteroatoms. The Kier molecular flexibility index (Phi) is 7.84. The number of rotatable bonds is 8. The molecule has 2 aromatic rings. The number of hydrogen-bond acceptors (Lipinski definition) is 4. The highest BCUT2D eigenvalue weighted by atomic mass is 15.2. The molecule has 2 N–H and O–H groups in total. The van der Waals surface area contributed by atoms with Crippen molar-refractivity contribution in [2.24, 2.45) is 4.99 Å². The molecular weight excluding hydrogens is 350 g/mol. The molecule has 0 amide bonds. The molecule has 3 rings (SSSR count). The predicted molar refractivity (Wildman–Crippen MR) is 113 cm³/mol. The first-order chi connectivity index (χ1) is 13.7. The molecule has 0 aliphatic carbocycles. The number of likely N-dealkylation sites (tertiary alicyclic amines) is 1. The largest absolute Gasteiger partial charge is 0.356 e. The Bertz CT molecular complexity index is 718. The van der Waals surface area contributed by atoms with Crippen LogP contribution in [0, 0.1) is 6.92 Å². The van der Waals surface area contributed by atoms with Gasteiger partial charge in [0, 0.05) is 45.8 Å². The van der Waals surface area contributed by atoms with Crippen molar-refractivity contribution in [3.05, 3.63) is 48.0 Å². The van der Waals surface area contributed by atoms with Gasteiger partial charge in [-0.1, -0.05) is 29.8 Å². The fourth-order valence-electron chi connectivity index (χ4n) is 3.66. The Morgan fingerprint density at radius 1 is 1.18 bits per heavy atom. The Labute approximate surface area is 168 Å². The van der Waals surface area contributed by atoms with Gasteiger partial charge in [0.25, 0.3) is 0 Å². The van der Waals surface area contributed by atoms with E-state index in [0.29, 0.717) is 6.04 Å². The molecule has 0 atom stereocenters. The lowest BCUT2D eigenvalue weighted by atomic mass is 10.0. The van der Waals surface area contributed by atoms with Crippen molar-refractivity contribution in [2.75, 3.05) is 26.7 Å². The summed E-state index contributed by atoms with van der Waals surface area (Å²) < 4.78 is 2.01. The Balaban J connectivity index is 1.31. The molecule has 0 radical (unpaired) electrons. The summed E-state index contributed by atoms with van der Waals surface area (Å²) in [6.45, 7) is 7.35. The maximum Gasteiger partial charge on any atom is 0.191 e. The van der Waals surface area contributed by atoms with Crippen LogP contribution >= 0.6 is 0 Å². The average Bonchev–Trinajstić information content (AvgIpc) is 3.22. The van der Waals surface area contributed by atoms with Crippen LogP contribution in [0.4, 0.5) is 0 Å². The number of benzene rings is 1. The van der Waals surface area contributed by atoms with Crippen LogP contribution in [0.3, 0.4) is 0 Å². The van der Waals surface area contributed by atoms with Crippen molar-refractivity contribution in [3.63, 3.8) is 0 Å². The topological polar surface area (TPSA) is 70.4 Å². The summed E-state index contributed by atoms with van der Waals surface area (Å²) in [5.41, 5.74) is 2.75. The number of hydrogen-bond donors (Lipinski definition) is 2. The first-order valence-corrected chi connectivity index (χ1v) is 10.3. The lowest BCUT2D eigenvalue weighted by Gasteiger charge is -2.33. The molecule has 0 saturated carbocycles. The van der Waals surface area contributed by atoms with Crippen LogP contribution in [-0.2, 0) is 13.1 Å². The molecule has 0 unspecified atom stereocenters.